The molecule has 3 N–H and O–H groups in total. The molecule has 4 heteroatoms. The Hall–Kier alpha value is -1.10. The third-order valence-electron chi connectivity index (χ3n) is 5.00. The van der Waals surface area contributed by atoms with Crippen LogP contribution in [0.15, 0.2) is 24.3 Å². The molecule has 1 aromatic rings. The van der Waals surface area contributed by atoms with Crippen molar-refractivity contribution in [1.82, 2.24) is 0 Å². The fourth-order valence-corrected chi connectivity index (χ4v) is 4.16. The van der Waals surface area contributed by atoms with Crippen LogP contribution in [0.1, 0.15) is 46.1 Å². The highest BCUT2D eigenvalue weighted by Gasteiger charge is 2.49. The summed E-state index contributed by atoms with van der Waals surface area (Å²) in [6.07, 6.45) is 0.734. The van der Waals surface area contributed by atoms with Gasteiger partial charge in [-0.15, -0.1) is 0 Å². The molecule has 0 amide bonds. The summed E-state index contributed by atoms with van der Waals surface area (Å²) in [4.78, 5) is 1.33. The van der Waals surface area contributed by atoms with E-state index in [-0.39, 0.29) is 17.2 Å². The number of quaternary nitrogens is 1. The molecular formula is C19H32NO3+. The van der Waals surface area contributed by atoms with E-state index in [0.29, 0.717) is 13.2 Å². The van der Waals surface area contributed by atoms with Crippen molar-refractivity contribution in [2.45, 2.75) is 70.7 Å². The lowest BCUT2D eigenvalue weighted by molar-refractivity contribution is -1.00. The molecule has 0 spiro atoms. The van der Waals surface area contributed by atoms with Crippen molar-refractivity contribution in [3.63, 3.8) is 0 Å². The quantitative estimate of drug-likeness (QED) is 0.767. The second-order valence-electron chi connectivity index (χ2n) is 8.29. The predicted octanol–water partition coefficient (Wildman–Crippen LogP) is 1.33. The molecule has 1 fully saturated rings. The van der Waals surface area contributed by atoms with Crippen molar-refractivity contribution in [2.24, 2.45) is 0 Å². The van der Waals surface area contributed by atoms with Crippen LogP contribution in [0.4, 0.5) is 0 Å². The first-order chi connectivity index (χ1) is 10.6. The smallest absolute Gasteiger partial charge is 0.137 e. The van der Waals surface area contributed by atoms with E-state index in [9.17, 15) is 10.2 Å². The molecule has 0 aromatic heterocycles. The van der Waals surface area contributed by atoms with E-state index in [1.807, 2.05) is 31.2 Å². The maximum absolute atomic E-state index is 10.5. The lowest BCUT2D eigenvalue weighted by atomic mass is 9.78. The van der Waals surface area contributed by atoms with E-state index in [1.165, 1.54) is 4.90 Å². The summed E-state index contributed by atoms with van der Waals surface area (Å²) in [6, 6.07) is 7.88. The highest BCUT2D eigenvalue weighted by atomic mass is 16.5. The normalized spacial score (nSPS) is 27.4. The monoisotopic (exact) mass is 322 g/mol. The molecule has 1 atom stereocenters. The third-order valence-corrected chi connectivity index (χ3v) is 5.00. The SMILES string of the molecule is Cc1cccc(OC[C@@H](O)C[NH+]2C(C)(C)CC(O)CC2(C)C)c1. The summed E-state index contributed by atoms with van der Waals surface area (Å²) in [5.74, 6) is 0.798. The second kappa shape index (κ2) is 6.80. The van der Waals surface area contributed by atoms with Crippen LogP contribution in [0.5, 0.6) is 5.75 Å². The van der Waals surface area contributed by atoms with Gasteiger partial charge in [-0.25, -0.2) is 0 Å². The van der Waals surface area contributed by atoms with E-state index in [0.717, 1.165) is 24.2 Å². The zero-order valence-electron chi connectivity index (χ0n) is 15.1. The van der Waals surface area contributed by atoms with Crippen molar-refractivity contribution in [3.8, 4) is 5.75 Å². The number of hydrogen-bond acceptors (Lipinski definition) is 3. The van der Waals surface area contributed by atoms with Gasteiger partial charge in [-0.3, -0.25) is 0 Å². The van der Waals surface area contributed by atoms with Crippen molar-refractivity contribution < 1.29 is 19.8 Å². The number of aliphatic hydroxyl groups excluding tert-OH is 2. The number of piperidine rings is 1. The summed E-state index contributed by atoms with van der Waals surface area (Å²) < 4.78 is 5.73. The zero-order chi connectivity index (χ0) is 17.3. The number of aliphatic hydroxyl groups is 2. The summed E-state index contributed by atoms with van der Waals surface area (Å²) in [7, 11) is 0. The van der Waals surface area contributed by atoms with Gasteiger partial charge in [0.05, 0.1) is 17.2 Å². The van der Waals surface area contributed by atoms with Gasteiger partial charge in [0.2, 0.25) is 0 Å². The molecule has 0 saturated carbocycles. The minimum Gasteiger partial charge on any atom is -0.491 e. The summed E-state index contributed by atoms with van der Waals surface area (Å²) in [5.41, 5.74) is 1.02. The van der Waals surface area contributed by atoms with Crippen LogP contribution >= 0.6 is 0 Å². The Morgan fingerprint density at radius 1 is 1.22 bits per heavy atom. The Balaban J connectivity index is 1.96. The van der Waals surface area contributed by atoms with Gasteiger partial charge in [0.25, 0.3) is 0 Å². The van der Waals surface area contributed by atoms with Gasteiger partial charge < -0.3 is 19.8 Å². The molecule has 0 radical (unpaired) electrons. The number of hydrogen-bond donors (Lipinski definition) is 3. The molecule has 1 aromatic carbocycles. The molecule has 1 aliphatic rings. The number of ether oxygens (including phenoxy) is 1. The second-order valence-corrected chi connectivity index (χ2v) is 8.29. The molecule has 0 bridgehead atoms. The molecule has 4 nitrogen and oxygen atoms in total. The van der Waals surface area contributed by atoms with Crippen LogP contribution in [0.3, 0.4) is 0 Å². The highest BCUT2D eigenvalue weighted by Crippen LogP contribution is 2.23. The van der Waals surface area contributed by atoms with Crippen molar-refractivity contribution in [3.05, 3.63) is 29.8 Å². The van der Waals surface area contributed by atoms with Crippen LogP contribution in [-0.2, 0) is 0 Å². The van der Waals surface area contributed by atoms with Crippen molar-refractivity contribution in [2.75, 3.05) is 13.2 Å². The van der Waals surface area contributed by atoms with Crippen LogP contribution in [-0.4, -0.2) is 46.7 Å². The number of rotatable bonds is 5. The van der Waals surface area contributed by atoms with E-state index in [2.05, 4.69) is 27.7 Å². The first-order valence-electron chi connectivity index (χ1n) is 8.52. The standard InChI is InChI=1S/C19H31NO3/c1-14-7-6-8-17(9-14)23-13-16(22)12-20-18(2,3)10-15(21)11-19(20,4)5/h6-9,15-16,21-22H,10-13H2,1-5H3/p+1/t16-/m0/s1. The third kappa shape index (κ3) is 4.69. The van der Waals surface area contributed by atoms with Gasteiger partial charge >= 0.3 is 0 Å². The van der Waals surface area contributed by atoms with E-state index >= 15 is 0 Å². The van der Waals surface area contributed by atoms with Crippen molar-refractivity contribution >= 4 is 0 Å². The van der Waals surface area contributed by atoms with Gasteiger partial charge in [0.15, 0.2) is 0 Å². The molecule has 23 heavy (non-hydrogen) atoms. The lowest BCUT2D eigenvalue weighted by Gasteiger charge is -2.51. The number of nitrogens with one attached hydrogen (secondary N) is 1. The fourth-order valence-electron chi connectivity index (χ4n) is 4.16. The Morgan fingerprint density at radius 2 is 1.83 bits per heavy atom. The maximum Gasteiger partial charge on any atom is 0.137 e. The largest absolute Gasteiger partial charge is 0.491 e. The minimum atomic E-state index is -0.528. The average Bonchev–Trinajstić information content (AvgIpc) is 2.39. The first-order valence-corrected chi connectivity index (χ1v) is 8.52. The number of aryl methyl sites for hydroxylation is 1. The Labute approximate surface area is 140 Å². The van der Waals surface area contributed by atoms with Crippen molar-refractivity contribution in [1.29, 1.82) is 0 Å². The lowest BCUT2D eigenvalue weighted by Crippen LogP contribution is -3.27. The molecular weight excluding hydrogens is 290 g/mol. The zero-order valence-corrected chi connectivity index (χ0v) is 15.1. The van der Waals surface area contributed by atoms with Crippen LogP contribution in [0.2, 0.25) is 0 Å². The fraction of sp³-hybridized carbons (Fsp3) is 0.684. The average molecular weight is 322 g/mol. The molecule has 0 aliphatic carbocycles. The molecule has 2 rings (SSSR count). The van der Waals surface area contributed by atoms with E-state index < -0.39 is 6.10 Å². The number of likely N-dealkylation sites (tertiary alicyclic amines) is 1. The maximum atomic E-state index is 10.5. The van der Waals surface area contributed by atoms with E-state index in [1.54, 1.807) is 0 Å². The van der Waals surface area contributed by atoms with E-state index in [4.69, 9.17) is 4.74 Å². The topological polar surface area (TPSA) is 54.1 Å². The predicted molar refractivity (Wildman–Crippen MR) is 91.9 cm³/mol. The molecule has 1 heterocycles. The van der Waals surface area contributed by atoms with Gasteiger partial charge in [0, 0.05) is 12.8 Å². The highest BCUT2D eigenvalue weighted by molar-refractivity contribution is 5.27. The Kier molecular flexibility index (Phi) is 5.39. The molecule has 130 valence electrons. The molecule has 0 unspecified atom stereocenters. The van der Waals surface area contributed by atoms with Gasteiger partial charge in [0.1, 0.15) is 25.0 Å². The molecule has 1 saturated heterocycles. The Morgan fingerprint density at radius 3 is 2.39 bits per heavy atom. The van der Waals surface area contributed by atoms with Crippen LogP contribution in [0, 0.1) is 6.92 Å². The summed E-state index contributed by atoms with van der Waals surface area (Å²) >= 11 is 0. The van der Waals surface area contributed by atoms with Gasteiger partial charge in [-0.1, -0.05) is 12.1 Å². The Bertz CT molecular complexity index is 509. The molecule has 1 aliphatic heterocycles. The van der Waals surface area contributed by atoms with Crippen LogP contribution in [0.25, 0.3) is 0 Å². The summed E-state index contributed by atoms with van der Waals surface area (Å²) in [6.45, 7) is 11.6. The summed E-state index contributed by atoms with van der Waals surface area (Å²) in [5, 5.41) is 20.6. The first kappa shape index (κ1) is 18.2. The number of benzene rings is 1. The minimum absolute atomic E-state index is 0.0640. The van der Waals surface area contributed by atoms with Gasteiger partial charge in [-0.05, 0) is 52.3 Å². The van der Waals surface area contributed by atoms with Crippen LogP contribution < -0.4 is 9.64 Å². The van der Waals surface area contributed by atoms with Gasteiger partial charge in [-0.2, -0.15) is 0 Å².